The number of anilines is 3. The Morgan fingerprint density at radius 2 is 1.45 bits per heavy atom. The third kappa shape index (κ3) is 4.25. The number of rotatable bonds is 6. The molecule has 1 atom stereocenters. The lowest BCUT2D eigenvalue weighted by atomic mass is 10.1. The Hall–Kier alpha value is -3.39. The summed E-state index contributed by atoms with van der Waals surface area (Å²) >= 11 is 0. The van der Waals surface area contributed by atoms with Gasteiger partial charge in [0.15, 0.2) is 11.5 Å². The van der Waals surface area contributed by atoms with E-state index in [2.05, 4.69) is 9.62 Å². The van der Waals surface area contributed by atoms with E-state index in [-0.39, 0.29) is 4.90 Å². The summed E-state index contributed by atoms with van der Waals surface area (Å²) < 4.78 is 39.7. The van der Waals surface area contributed by atoms with Gasteiger partial charge in [-0.15, -0.1) is 0 Å². The van der Waals surface area contributed by atoms with Crippen LogP contribution in [0.2, 0.25) is 0 Å². The zero-order valence-electron chi connectivity index (χ0n) is 17.9. The van der Waals surface area contributed by atoms with Crippen molar-refractivity contribution in [1.82, 2.24) is 0 Å². The van der Waals surface area contributed by atoms with Gasteiger partial charge >= 0.3 is 0 Å². The summed E-state index contributed by atoms with van der Waals surface area (Å²) in [6, 6.07) is 19.3. The molecule has 0 aromatic heterocycles. The van der Waals surface area contributed by atoms with Crippen molar-refractivity contribution in [3.63, 3.8) is 0 Å². The molecule has 0 fully saturated rings. The van der Waals surface area contributed by atoms with Crippen LogP contribution in [0.1, 0.15) is 11.9 Å². The summed E-state index contributed by atoms with van der Waals surface area (Å²) in [5.74, 6) is 1.05. The minimum Gasteiger partial charge on any atom is -0.447 e. The molecule has 8 heteroatoms. The number of ether oxygens (including phenoxy) is 2. The fourth-order valence-electron chi connectivity index (χ4n) is 3.39. The Bertz CT molecular complexity index is 1190. The maximum atomic E-state index is 12.6. The summed E-state index contributed by atoms with van der Waals surface area (Å²) in [6.45, 7) is 0. The normalized spacial score (nSPS) is 14.9. The smallest absolute Gasteiger partial charge is 0.268 e. The predicted octanol–water partition coefficient (Wildman–Crippen LogP) is 4.09. The topological polar surface area (TPSA) is 71.1 Å². The van der Waals surface area contributed by atoms with Gasteiger partial charge in [0.2, 0.25) is 0 Å². The number of benzene rings is 3. The second-order valence-corrected chi connectivity index (χ2v) is 9.37. The molecule has 162 valence electrons. The first-order chi connectivity index (χ1) is 14.7. The molecule has 0 bridgehead atoms. The van der Waals surface area contributed by atoms with Gasteiger partial charge < -0.3 is 19.3 Å². The van der Waals surface area contributed by atoms with Crippen LogP contribution < -0.4 is 24.0 Å². The van der Waals surface area contributed by atoms with Crippen LogP contribution in [-0.4, -0.2) is 36.6 Å². The minimum absolute atomic E-state index is 0.197. The zero-order valence-corrected chi connectivity index (χ0v) is 18.7. The van der Waals surface area contributed by atoms with Crippen molar-refractivity contribution < 1.29 is 17.9 Å². The van der Waals surface area contributed by atoms with Crippen molar-refractivity contribution in [2.24, 2.45) is 0 Å². The molecular weight excluding hydrogens is 414 g/mol. The molecule has 3 aromatic rings. The van der Waals surface area contributed by atoms with Gasteiger partial charge in [-0.05, 0) is 42.5 Å². The molecule has 0 saturated carbocycles. The van der Waals surface area contributed by atoms with Crippen LogP contribution in [0, 0.1) is 0 Å². The Morgan fingerprint density at radius 3 is 2.13 bits per heavy atom. The first-order valence-electron chi connectivity index (χ1n) is 9.78. The van der Waals surface area contributed by atoms with Gasteiger partial charge in [0.1, 0.15) is 0 Å². The molecule has 1 unspecified atom stereocenters. The lowest BCUT2D eigenvalue weighted by Crippen LogP contribution is -2.18. The summed E-state index contributed by atoms with van der Waals surface area (Å²) in [4.78, 5) is 4.29. The fraction of sp³-hybridized carbons (Fsp3) is 0.217. The van der Waals surface area contributed by atoms with Crippen molar-refractivity contribution in [2.75, 3.05) is 42.7 Å². The summed E-state index contributed by atoms with van der Waals surface area (Å²) in [5.41, 5.74) is 3.41. The molecule has 4 rings (SSSR count). The molecule has 0 radical (unpaired) electrons. The predicted molar refractivity (Wildman–Crippen MR) is 123 cm³/mol. The van der Waals surface area contributed by atoms with Crippen molar-refractivity contribution >= 4 is 27.1 Å². The van der Waals surface area contributed by atoms with E-state index in [4.69, 9.17) is 9.47 Å². The van der Waals surface area contributed by atoms with Crippen molar-refractivity contribution in [2.45, 2.75) is 11.2 Å². The first-order valence-corrected chi connectivity index (χ1v) is 11.3. The molecule has 1 heterocycles. The Labute approximate surface area is 182 Å². The van der Waals surface area contributed by atoms with Gasteiger partial charge in [0.05, 0.1) is 22.0 Å². The number of nitrogens with zero attached hydrogens (tertiary/aromatic N) is 2. The molecule has 1 aliphatic rings. The highest BCUT2D eigenvalue weighted by Gasteiger charge is 2.27. The van der Waals surface area contributed by atoms with Crippen molar-refractivity contribution in [3.05, 3.63) is 72.3 Å². The SMILES string of the molecule is CN(C)c1ccc(C2Oc3ccc(NS(=O)(=O)c4ccccc4)cc3O2)cc1N(C)C. The van der Waals surface area contributed by atoms with Gasteiger partial charge in [-0.25, -0.2) is 8.42 Å². The average Bonchev–Trinajstić information content (AvgIpc) is 3.17. The summed E-state index contributed by atoms with van der Waals surface area (Å²) in [5, 5.41) is 0. The van der Waals surface area contributed by atoms with Gasteiger partial charge in [-0.2, -0.15) is 0 Å². The van der Waals surface area contributed by atoms with Crippen LogP contribution in [-0.2, 0) is 10.0 Å². The van der Waals surface area contributed by atoms with Gasteiger partial charge in [0.25, 0.3) is 16.3 Å². The zero-order chi connectivity index (χ0) is 22.2. The molecule has 0 spiro atoms. The maximum Gasteiger partial charge on any atom is 0.268 e. The van der Waals surface area contributed by atoms with E-state index in [0.717, 1.165) is 16.9 Å². The monoisotopic (exact) mass is 439 g/mol. The third-order valence-electron chi connectivity index (χ3n) is 4.95. The molecule has 3 aromatic carbocycles. The van der Waals surface area contributed by atoms with Crippen LogP contribution >= 0.6 is 0 Å². The van der Waals surface area contributed by atoms with E-state index in [1.807, 2.05) is 51.3 Å². The van der Waals surface area contributed by atoms with Gasteiger partial charge in [0, 0.05) is 39.8 Å². The van der Waals surface area contributed by atoms with Crippen molar-refractivity contribution in [1.29, 1.82) is 0 Å². The summed E-state index contributed by atoms with van der Waals surface area (Å²) in [7, 11) is 4.29. The van der Waals surface area contributed by atoms with Crippen LogP contribution in [0.3, 0.4) is 0 Å². The first kappa shape index (κ1) is 20.9. The van der Waals surface area contributed by atoms with Crippen molar-refractivity contribution in [3.8, 4) is 11.5 Å². The molecule has 1 aliphatic heterocycles. The Kier molecular flexibility index (Phi) is 5.41. The van der Waals surface area contributed by atoms with E-state index in [1.165, 1.54) is 0 Å². The number of hydrogen-bond acceptors (Lipinski definition) is 6. The van der Waals surface area contributed by atoms with Crippen LogP contribution in [0.25, 0.3) is 0 Å². The lowest BCUT2D eigenvalue weighted by Gasteiger charge is -2.24. The van der Waals surface area contributed by atoms with Gasteiger partial charge in [-0.3, -0.25) is 4.72 Å². The highest BCUT2D eigenvalue weighted by atomic mass is 32.2. The van der Waals surface area contributed by atoms with E-state index >= 15 is 0 Å². The summed E-state index contributed by atoms with van der Waals surface area (Å²) in [6.07, 6.45) is -0.606. The quantitative estimate of drug-likeness (QED) is 0.624. The largest absolute Gasteiger partial charge is 0.447 e. The number of nitrogens with one attached hydrogen (secondary N) is 1. The van der Waals surface area contributed by atoms with E-state index in [9.17, 15) is 8.42 Å². The second-order valence-electron chi connectivity index (χ2n) is 7.68. The molecule has 0 aliphatic carbocycles. The highest BCUT2D eigenvalue weighted by Crippen LogP contribution is 2.43. The molecule has 0 saturated heterocycles. The minimum atomic E-state index is -3.68. The van der Waals surface area contributed by atoms with Crippen LogP contribution in [0.5, 0.6) is 11.5 Å². The van der Waals surface area contributed by atoms with Crippen LogP contribution in [0.15, 0.2) is 71.6 Å². The van der Waals surface area contributed by atoms with Gasteiger partial charge in [-0.1, -0.05) is 18.2 Å². The van der Waals surface area contributed by atoms with E-state index < -0.39 is 16.3 Å². The van der Waals surface area contributed by atoms with Crippen LogP contribution in [0.4, 0.5) is 17.1 Å². The number of hydrogen-bond donors (Lipinski definition) is 1. The standard InChI is InChI=1S/C23H25N3O4S/c1-25(2)19-12-10-16(14-20(19)26(3)4)23-29-21-13-11-17(15-22(21)30-23)24-31(27,28)18-8-6-5-7-9-18/h5-15,23-24H,1-4H3. The fourth-order valence-corrected chi connectivity index (χ4v) is 4.46. The number of fused-ring (bicyclic) bond motifs is 1. The average molecular weight is 440 g/mol. The van der Waals surface area contributed by atoms with E-state index in [0.29, 0.717) is 17.2 Å². The molecule has 31 heavy (non-hydrogen) atoms. The number of sulfonamides is 1. The second kappa shape index (κ2) is 8.03. The third-order valence-corrected chi connectivity index (χ3v) is 6.35. The molecule has 7 nitrogen and oxygen atoms in total. The molecule has 0 amide bonds. The van der Waals surface area contributed by atoms with E-state index in [1.54, 1.807) is 48.5 Å². The lowest BCUT2D eigenvalue weighted by molar-refractivity contribution is 0.0488. The Morgan fingerprint density at radius 1 is 0.774 bits per heavy atom. The Balaban J connectivity index is 1.56. The highest BCUT2D eigenvalue weighted by molar-refractivity contribution is 7.92. The molecule has 1 N–H and O–H groups in total. The maximum absolute atomic E-state index is 12.6. The molecular formula is C23H25N3O4S.